The number of thioether (sulfide) groups is 1. The van der Waals surface area contributed by atoms with Gasteiger partial charge >= 0.3 is 0 Å². The van der Waals surface area contributed by atoms with Crippen LogP contribution in [0.4, 0.5) is 4.39 Å². The number of likely N-dealkylation sites (tertiary alicyclic amines) is 1. The number of benzene rings is 2. The molecule has 0 radical (unpaired) electrons. The van der Waals surface area contributed by atoms with Gasteiger partial charge in [0.05, 0.1) is 11.4 Å². The SMILES string of the molecule is CC[C@H]1CCCCN1C(=O)CSc1nc2c([nH]c3ccccc32)c(=O)n1-c1ccc(F)cc1. The standard InChI is InChI=1S/C25H25FN4O2S/c1-2-17-7-5-6-14-29(17)21(31)15-33-25-28-22-19-8-3-4-9-20(19)27-23(22)24(32)30(25)18-12-10-16(26)11-13-18/h3-4,8-13,17,27H,2,5-7,14-15H2,1H3/t17-/m0/s1. The van der Waals surface area contributed by atoms with Crippen LogP contribution >= 0.6 is 11.8 Å². The first-order valence-electron chi connectivity index (χ1n) is 11.3. The van der Waals surface area contributed by atoms with Crippen LogP contribution in [0.2, 0.25) is 0 Å². The van der Waals surface area contributed by atoms with E-state index >= 15 is 0 Å². The van der Waals surface area contributed by atoms with Crippen molar-refractivity contribution < 1.29 is 9.18 Å². The van der Waals surface area contributed by atoms with E-state index in [1.807, 2.05) is 29.2 Å². The minimum absolute atomic E-state index is 0.0606. The molecule has 1 amide bonds. The Morgan fingerprint density at radius 3 is 2.76 bits per heavy atom. The number of halogens is 1. The highest BCUT2D eigenvalue weighted by Crippen LogP contribution is 2.27. The Kier molecular flexibility index (Phi) is 5.93. The molecule has 1 aliphatic heterocycles. The molecule has 0 saturated carbocycles. The number of fused-ring (bicyclic) bond motifs is 3. The molecule has 2 aromatic carbocycles. The Morgan fingerprint density at radius 1 is 1.18 bits per heavy atom. The lowest BCUT2D eigenvalue weighted by molar-refractivity contribution is -0.132. The minimum atomic E-state index is -0.383. The van der Waals surface area contributed by atoms with E-state index in [4.69, 9.17) is 4.98 Å². The molecule has 6 nitrogen and oxygen atoms in total. The first-order chi connectivity index (χ1) is 16.1. The third-order valence-electron chi connectivity index (χ3n) is 6.32. The molecule has 1 N–H and O–H groups in total. The van der Waals surface area contributed by atoms with E-state index in [0.29, 0.717) is 21.9 Å². The molecular formula is C25H25FN4O2S. The van der Waals surface area contributed by atoms with Gasteiger partial charge < -0.3 is 9.88 Å². The number of aromatic amines is 1. The number of H-pyrrole nitrogens is 1. The molecule has 1 saturated heterocycles. The van der Waals surface area contributed by atoms with Crippen molar-refractivity contribution in [2.45, 2.75) is 43.8 Å². The molecule has 0 spiro atoms. The molecule has 4 aromatic rings. The molecule has 33 heavy (non-hydrogen) atoms. The summed E-state index contributed by atoms with van der Waals surface area (Å²) in [6.07, 6.45) is 4.15. The van der Waals surface area contributed by atoms with Crippen LogP contribution in [0.5, 0.6) is 0 Å². The number of hydrogen-bond donors (Lipinski definition) is 1. The number of piperidine rings is 1. The Hall–Kier alpha value is -3.13. The van der Waals surface area contributed by atoms with Crippen molar-refractivity contribution in [2.24, 2.45) is 0 Å². The Balaban J connectivity index is 1.57. The number of carbonyl (C=O) groups is 1. The molecule has 3 heterocycles. The zero-order valence-electron chi connectivity index (χ0n) is 18.4. The predicted molar refractivity (Wildman–Crippen MR) is 130 cm³/mol. The van der Waals surface area contributed by atoms with E-state index in [0.717, 1.165) is 43.1 Å². The van der Waals surface area contributed by atoms with E-state index in [-0.39, 0.29) is 29.1 Å². The first kappa shape index (κ1) is 21.7. The van der Waals surface area contributed by atoms with Gasteiger partial charge in [-0.2, -0.15) is 0 Å². The average Bonchev–Trinajstić information content (AvgIpc) is 3.22. The summed E-state index contributed by atoms with van der Waals surface area (Å²) in [5.41, 5.74) is 2.02. The summed E-state index contributed by atoms with van der Waals surface area (Å²) in [7, 11) is 0. The fourth-order valence-electron chi connectivity index (χ4n) is 4.62. The molecule has 8 heteroatoms. The van der Waals surface area contributed by atoms with Crippen LogP contribution < -0.4 is 5.56 Å². The zero-order chi connectivity index (χ0) is 22.9. The molecule has 1 atom stereocenters. The predicted octanol–water partition coefficient (Wildman–Crippen LogP) is 4.89. The number of nitrogens with one attached hydrogen (secondary N) is 1. The maximum atomic E-state index is 13.6. The quantitative estimate of drug-likeness (QED) is 0.337. The van der Waals surface area contributed by atoms with Crippen molar-refractivity contribution in [3.05, 3.63) is 64.7 Å². The van der Waals surface area contributed by atoms with Crippen LogP contribution in [0.3, 0.4) is 0 Å². The molecule has 1 aliphatic rings. The molecule has 0 unspecified atom stereocenters. The second-order valence-electron chi connectivity index (χ2n) is 8.34. The molecule has 0 bridgehead atoms. The lowest BCUT2D eigenvalue weighted by Crippen LogP contribution is -2.44. The zero-order valence-corrected chi connectivity index (χ0v) is 19.2. The number of aromatic nitrogens is 3. The lowest BCUT2D eigenvalue weighted by Gasteiger charge is -2.35. The van der Waals surface area contributed by atoms with Crippen molar-refractivity contribution in [2.75, 3.05) is 12.3 Å². The maximum Gasteiger partial charge on any atom is 0.283 e. The molecule has 1 fully saturated rings. The number of carbonyl (C=O) groups excluding carboxylic acids is 1. The third-order valence-corrected chi connectivity index (χ3v) is 7.25. The molecule has 170 valence electrons. The third kappa shape index (κ3) is 4.04. The summed E-state index contributed by atoms with van der Waals surface area (Å²) >= 11 is 1.25. The number of rotatable bonds is 5. The van der Waals surface area contributed by atoms with Crippen molar-refractivity contribution in [1.29, 1.82) is 0 Å². The highest BCUT2D eigenvalue weighted by atomic mass is 32.2. The van der Waals surface area contributed by atoms with Crippen LogP contribution in [0.15, 0.2) is 58.5 Å². The van der Waals surface area contributed by atoms with Crippen molar-refractivity contribution >= 4 is 39.6 Å². The van der Waals surface area contributed by atoms with Crippen LogP contribution in [-0.2, 0) is 4.79 Å². The summed E-state index contributed by atoms with van der Waals surface area (Å²) in [6, 6.07) is 13.6. The van der Waals surface area contributed by atoms with Gasteiger partial charge in [-0.25, -0.2) is 9.37 Å². The van der Waals surface area contributed by atoms with Gasteiger partial charge in [-0.15, -0.1) is 0 Å². The lowest BCUT2D eigenvalue weighted by atomic mass is 10.0. The van der Waals surface area contributed by atoms with Gasteiger partial charge in [-0.1, -0.05) is 36.9 Å². The van der Waals surface area contributed by atoms with Gasteiger partial charge in [0.25, 0.3) is 5.56 Å². The van der Waals surface area contributed by atoms with Gasteiger partial charge in [0.2, 0.25) is 5.91 Å². The average molecular weight is 465 g/mol. The molecule has 5 rings (SSSR count). The van der Waals surface area contributed by atoms with E-state index in [9.17, 15) is 14.0 Å². The fraction of sp³-hybridized carbons (Fsp3) is 0.320. The largest absolute Gasteiger partial charge is 0.349 e. The summed E-state index contributed by atoms with van der Waals surface area (Å²) in [4.78, 5) is 36.6. The van der Waals surface area contributed by atoms with E-state index in [2.05, 4.69) is 11.9 Å². The van der Waals surface area contributed by atoms with Crippen LogP contribution in [0.25, 0.3) is 27.6 Å². The van der Waals surface area contributed by atoms with E-state index in [1.165, 1.54) is 28.5 Å². The minimum Gasteiger partial charge on any atom is -0.349 e. The van der Waals surface area contributed by atoms with Crippen molar-refractivity contribution in [1.82, 2.24) is 19.4 Å². The number of nitrogens with zero attached hydrogens (tertiary/aromatic N) is 3. The maximum absolute atomic E-state index is 13.6. The summed E-state index contributed by atoms with van der Waals surface area (Å²) in [5.74, 6) is -0.130. The monoisotopic (exact) mass is 464 g/mol. The summed E-state index contributed by atoms with van der Waals surface area (Å²) < 4.78 is 15.0. The number of para-hydroxylation sites is 1. The van der Waals surface area contributed by atoms with Crippen LogP contribution in [0, 0.1) is 5.82 Å². The number of hydrogen-bond acceptors (Lipinski definition) is 4. The summed E-state index contributed by atoms with van der Waals surface area (Å²) in [6.45, 7) is 2.89. The normalized spacial score (nSPS) is 16.5. The van der Waals surface area contributed by atoms with Gasteiger partial charge in [-0.05, 0) is 56.0 Å². The van der Waals surface area contributed by atoms with Gasteiger partial charge in [-0.3, -0.25) is 14.2 Å². The summed E-state index contributed by atoms with van der Waals surface area (Å²) in [5, 5.41) is 1.27. The van der Waals surface area contributed by atoms with Crippen LogP contribution in [-0.4, -0.2) is 43.7 Å². The van der Waals surface area contributed by atoms with E-state index < -0.39 is 0 Å². The molecule has 0 aliphatic carbocycles. The van der Waals surface area contributed by atoms with E-state index in [1.54, 1.807) is 12.1 Å². The number of amides is 1. The Bertz CT molecular complexity index is 1380. The highest BCUT2D eigenvalue weighted by molar-refractivity contribution is 7.99. The topological polar surface area (TPSA) is 71.0 Å². The Labute approximate surface area is 194 Å². The molecule has 2 aromatic heterocycles. The van der Waals surface area contributed by atoms with Gasteiger partial charge in [0.15, 0.2) is 5.16 Å². The smallest absolute Gasteiger partial charge is 0.283 e. The molecular weight excluding hydrogens is 439 g/mol. The first-order valence-corrected chi connectivity index (χ1v) is 12.3. The van der Waals surface area contributed by atoms with Crippen molar-refractivity contribution in [3.63, 3.8) is 0 Å². The Morgan fingerprint density at radius 2 is 1.97 bits per heavy atom. The van der Waals surface area contributed by atoms with Crippen molar-refractivity contribution in [3.8, 4) is 5.69 Å². The second-order valence-corrected chi connectivity index (χ2v) is 9.28. The van der Waals surface area contributed by atoms with Gasteiger partial charge in [0.1, 0.15) is 16.9 Å². The highest BCUT2D eigenvalue weighted by Gasteiger charge is 2.26. The fourth-order valence-corrected chi connectivity index (χ4v) is 5.51. The second kappa shape index (κ2) is 9.02. The van der Waals surface area contributed by atoms with Crippen LogP contribution in [0.1, 0.15) is 32.6 Å². The van der Waals surface area contributed by atoms with Gasteiger partial charge in [0, 0.05) is 23.5 Å².